The van der Waals surface area contributed by atoms with E-state index in [9.17, 15) is 26.3 Å². The second-order valence-corrected chi connectivity index (χ2v) is 7.14. The fourth-order valence-electron chi connectivity index (χ4n) is 3.26. The van der Waals surface area contributed by atoms with Gasteiger partial charge >= 0.3 is 12.4 Å². The van der Waals surface area contributed by atoms with Gasteiger partial charge in [-0.05, 0) is 36.2 Å². The Kier molecular flexibility index (Phi) is 6.74. The van der Waals surface area contributed by atoms with Gasteiger partial charge in [0.15, 0.2) is 6.29 Å². The first-order valence-electron chi connectivity index (χ1n) is 9.35. The average molecular weight is 433 g/mol. The van der Waals surface area contributed by atoms with Gasteiger partial charge in [0.1, 0.15) is 0 Å². The molecule has 0 amide bonds. The molecule has 9 heteroatoms. The number of hydrogen-bond donors (Lipinski definition) is 0. The summed E-state index contributed by atoms with van der Waals surface area (Å²) in [5, 5.41) is 0. The van der Waals surface area contributed by atoms with Crippen LogP contribution in [-0.2, 0) is 28.4 Å². The molecule has 0 N–H and O–H groups in total. The number of morpholine rings is 1. The lowest BCUT2D eigenvalue weighted by Gasteiger charge is -2.34. The van der Waals surface area contributed by atoms with Crippen LogP contribution in [0.3, 0.4) is 0 Å². The van der Waals surface area contributed by atoms with Crippen LogP contribution in [-0.4, -0.2) is 30.9 Å². The van der Waals surface area contributed by atoms with E-state index < -0.39 is 35.9 Å². The average Bonchev–Trinajstić information content (AvgIpc) is 2.67. The fraction of sp³-hybridized carbons (Fsp3) is 0.429. The monoisotopic (exact) mass is 433 g/mol. The SMILES string of the molecule is C[C@@H](OC1CN(Cc2ccccc2)CCO1)c1cc(C(F)(F)F)cc(C(F)(F)F)c1. The molecule has 0 bridgehead atoms. The lowest BCUT2D eigenvalue weighted by atomic mass is 10.0. The number of ether oxygens (including phenoxy) is 2. The Balaban J connectivity index is 1.72. The van der Waals surface area contributed by atoms with Gasteiger partial charge in [0.25, 0.3) is 0 Å². The molecule has 1 aliphatic heterocycles. The third-order valence-electron chi connectivity index (χ3n) is 4.80. The summed E-state index contributed by atoms with van der Waals surface area (Å²) in [6.07, 6.45) is -11.6. The molecule has 0 radical (unpaired) electrons. The molecule has 0 spiro atoms. The first-order valence-corrected chi connectivity index (χ1v) is 9.35. The Labute approximate surface area is 170 Å². The summed E-state index contributed by atoms with van der Waals surface area (Å²) in [4.78, 5) is 2.06. The second kappa shape index (κ2) is 8.95. The van der Waals surface area contributed by atoms with Crippen LogP contribution < -0.4 is 0 Å². The summed E-state index contributed by atoms with van der Waals surface area (Å²) in [6, 6.07) is 11.1. The zero-order valence-corrected chi connectivity index (χ0v) is 16.1. The quantitative estimate of drug-likeness (QED) is 0.568. The normalized spacial score (nSPS) is 19.6. The molecule has 164 valence electrons. The molecule has 0 aromatic heterocycles. The highest BCUT2D eigenvalue weighted by atomic mass is 19.4. The van der Waals surface area contributed by atoms with Gasteiger partial charge in [-0.2, -0.15) is 26.3 Å². The molecule has 1 fully saturated rings. The number of rotatable bonds is 5. The molecule has 2 aromatic carbocycles. The minimum atomic E-state index is -4.90. The van der Waals surface area contributed by atoms with Crippen LogP contribution in [0, 0.1) is 0 Å². The molecule has 2 atom stereocenters. The Bertz CT molecular complexity index is 805. The standard InChI is InChI=1S/C21H21F6NO2/c1-14(16-9-17(20(22,23)24)11-18(10-16)21(25,26)27)30-19-13-28(7-8-29-19)12-15-5-3-2-4-6-15/h2-6,9-11,14,19H,7-8,12-13H2,1H3/t14-,19?/m1/s1. The van der Waals surface area contributed by atoms with Crippen LogP contribution in [0.2, 0.25) is 0 Å². The number of alkyl halides is 6. The molecule has 1 heterocycles. The van der Waals surface area contributed by atoms with Gasteiger partial charge in [0, 0.05) is 19.6 Å². The van der Waals surface area contributed by atoms with Gasteiger partial charge in [-0.3, -0.25) is 4.90 Å². The lowest BCUT2D eigenvalue weighted by Crippen LogP contribution is -2.43. The van der Waals surface area contributed by atoms with Crippen LogP contribution in [0.4, 0.5) is 26.3 Å². The van der Waals surface area contributed by atoms with Crippen molar-refractivity contribution in [3.63, 3.8) is 0 Å². The first kappa shape index (κ1) is 22.6. The maximum absolute atomic E-state index is 13.1. The minimum absolute atomic E-state index is 0.106. The number of nitrogens with zero attached hydrogens (tertiary/aromatic N) is 1. The summed E-state index contributed by atoms with van der Waals surface area (Å²) >= 11 is 0. The molecule has 1 saturated heterocycles. The second-order valence-electron chi connectivity index (χ2n) is 7.14. The molecule has 3 nitrogen and oxygen atoms in total. The van der Waals surface area contributed by atoms with Gasteiger partial charge in [-0.25, -0.2) is 0 Å². The van der Waals surface area contributed by atoms with E-state index in [-0.39, 0.29) is 11.6 Å². The van der Waals surface area contributed by atoms with Crippen molar-refractivity contribution >= 4 is 0 Å². The van der Waals surface area contributed by atoms with Gasteiger partial charge in [0.2, 0.25) is 0 Å². The van der Waals surface area contributed by atoms with Crippen molar-refractivity contribution in [3.05, 3.63) is 70.8 Å². The topological polar surface area (TPSA) is 21.7 Å². The van der Waals surface area contributed by atoms with Crippen LogP contribution in [0.5, 0.6) is 0 Å². The third kappa shape index (κ3) is 5.96. The number of hydrogen-bond acceptors (Lipinski definition) is 3. The molecule has 1 aliphatic rings. The van der Waals surface area contributed by atoms with Gasteiger partial charge in [0.05, 0.1) is 23.8 Å². The minimum Gasteiger partial charge on any atom is -0.350 e. The summed E-state index contributed by atoms with van der Waals surface area (Å²) in [6.45, 7) is 3.39. The summed E-state index contributed by atoms with van der Waals surface area (Å²) < 4.78 is 89.7. The Hall–Kier alpha value is -2.10. The maximum atomic E-state index is 13.1. The van der Waals surface area contributed by atoms with Crippen molar-refractivity contribution in [1.29, 1.82) is 0 Å². The highest BCUT2D eigenvalue weighted by Gasteiger charge is 2.37. The van der Waals surface area contributed by atoms with E-state index in [1.165, 1.54) is 6.92 Å². The predicted molar refractivity (Wildman–Crippen MR) is 97.4 cm³/mol. The van der Waals surface area contributed by atoms with Crippen molar-refractivity contribution in [3.8, 4) is 0 Å². The smallest absolute Gasteiger partial charge is 0.350 e. The van der Waals surface area contributed by atoms with E-state index in [0.29, 0.717) is 38.4 Å². The molecular formula is C21H21F6NO2. The van der Waals surface area contributed by atoms with E-state index in [2.05, 4.69) is 4.90 Å². The Morgan fingerprint density at radius 3 is 2.17 bits per heavy atom. The highest BCUT2D eigenvalue weighted by Crippen LogP contribution is 2.38. The zero-order chi connectivity index (χ0) is 21.9. The van der Waals surface area contributed by atoms with E-state index >= 15 is 0 Å². The van der Waals surface area contributed by atoms with Gasteiger partial charge in [-0.15, -0.1) is 0 Å². The van der Waals surface area contributed by atoms with Crippen molar-refractivity contribution < 1.29 is 35.8 Å². The highest BCUT2D eigenvalue weighted by molar-refractivity contribution is 5.34. The molecule has 2 aromatic rings. The van der Waals surface area contributed by atoms with E-state index in [1.54, 1.807) is 0 Å². The molecular weight excluding hydrogens is 412 g/mol. The predicted octanol–water partition coefficient (Wildman–Crippen LogP) is 5.66. The van der Waals surface area contributed by atoms with Gasteiger partial charge < -0.3 is 9.47 Å². The van der Waals surface area contributed by atoms with E-state index in [1.807, 2.05) is 30.3 Å². The maximum Gasteiger partial charge on any atom is 0.416 e. The first-order chi connectivity index (χ1) is 14.0. The lowest BCUT2D eigenvalue weighted by molar-refractivity contribution is -0.201. The summed E-state index contributed by atoms with van der Waals surface area (Å²) in [5.41, 5.74) is -1.85. The Morgan fingerprint density at radius 1 is 1.00 bits per heavy atom. The molecule has 1 unspecified atom stereocenters. The van der Waals surface area contributed by atoms with Crippen LogP contribution in [0.1, 0.15) is 35.3 Å². The van der Waals surface area contributed by atoms with Crippen molar-refractivity contribution in [2.45, 2.75) is 38.2 Å². The number of benzene rings is 2. The molecule has 30 heavy (non-hydrogen) atoms. The van der Waals surface area contributed by atoms with Crippen LogP contribution in [0.25, 0.3) is 0 Å². The molecule has 0 aliphatic carbocycles. The van der Waals surface area contributed by atoms with E-state index in [0.717, 1.165) is 5.56 Å². The summed E-state index contributed by atoms with van der Waals surface area (Å²) in [5.74, 6) is 0. The third-order valence-corrected chi connectivity index (χ3v) is 4.80. The molecule has 3 rings (SSSR count). The van der Waals surface area contributed by atoms with E-state index in [4.69, 9.17) is 9.47 Å². The Morgan fingerprint density at radius 2 is 1.60 bits per heavy atom. The van der Waals surface area contributed by atoms with Crippen molar-refractivity contribution in [1.82, 2.24) is 4.90 Å². The molecule has 0 saturated carbocycles. The van der Waals surface area contributed by atoms with Crippen molar-refractivity contribution in [2.75, 3.05) is 19.7 Å². The van der Waals surface area contributed by atoms with Gasteiger partial charge in [-0.1, -0.05) is 30.3 Å². The largest absolute Gasteiger partial charge is 0.416 e. The van der Waals surface area contributed by atoms with Crippen molar-refractivity contribution in [2.24, 2.45) is 0 Å². The fourth-order valence-corrected chi connectivity index (χ4v) is 3.26. The summed E-state index contributed by atoms with van der Waals surface area (Å²) in [7, 11) is 0. The number of halogens is 6. The van der Waals surface area contributed by atoms with Crippen LogP contribution >= 0.6 is 0 Å². The zero-order valence-electron chi connectivity index (χ0n) is 16.1. The van der Waals surface area contributed by atoms with Crippen LogP contribution in [0.15, 0.2) is 48.5 Å².